The molecule has 14 heavy (non-hydrogen) atoms. The Kier molecular flexibility index (Phi) is 3.08. The molecule has 0 fully saturated rings. The van der Waals surface area contributed by atoms with Crippen LogP contribution < -0.4 is 10.9 Å². The fourth-order valence-corrected chi connectivity index (χ4v) is 0.942. The van der Waals surface area contributed by atoms with Crippen LogP contribution in [-0.4, -0.2) is 10.8 Å². The summed E-state index contributed by atoms with van der Waals surface area (Å²) in [5.74, 6) is -0.346. The molecular formula is C10H15FN2O. The highest BCUT2D eigenvalue weighted by atomic mass is 19.1. The van der Waals surface area contributed by atoms with E-state index in [0.717, 1.165) is 5.56 Å². The van der Waals surface area contributed by atoms with E-state index in [0.29, 0.717) is 5.69 Å². The summed E-state index contributed by atoms with van der Waals surface area (Å²) < 4.78 is 13.2. The number of hydrogen-bond donors (Lipinski definition) is 3. The maximum absolute atomic E-state index is 13.2. The second-order valence-electron chi connectivity index (χ2n) is 3.79. The lowest BCUT2D eigenvalue weighted by Gasteiger charge is -2.20. The molecule has 4 heteroatoms. The molecule has 0 unspecified atom stereocenters. The van der Waals surface area contributed by atoms with E-state index in [2.05, 4.69) is 10.9 Å². The van der Waals surface area contributed by atoms with Crippen molar-refractivity contribution >= 4 is 5.69 Å². The maximum atomic E-state index is 13.2. The van der Waals surface area contributed by atoms with Crippen LogP contribution >= 0.6 is 0 Å². The Balaban J connectivity index is 2.68. The van der Waals surface area contributed by atoms with Gasteiger partial charge in [0.2, 0.25) is 0 Å². The van der Waals surface area contributed by atoms with Crippen LogP contribution in [0.15, 0.2) is 18.2 Å². The molecule has 3 nitrogen and oxygen atoms in total. The molecule has 0 aromatic heterocycles. The van der Waals surface area contributed by atoms with E-state index in [9.17, 15) is 9.50 Å². The zero-order valence-corrected chi connectivity index (χ0v) is 8.56. The molecule has 0 spiro atoms. The highest BCUT2D eigenvalue weighted by Gasteiger charge is 2.11. The van der Waals surface area contributed by atoms with Gasteiger partial charge in [-0.05, 0) is 38.5 Å². The predicted octanol–water partition coefficient (Wildman–Crippen LogP) is 1.78. The van der Waals surface area contributed by atoms with Crippen molar-refractivity contribution in [1.82, 2.24) is 5.43 Å². The van der Waals surface area contributed by atoms with Crippen LogP contribution in [0.4, 0.5) is 10.1 Å². The first kappa shape index (κ1) is 10.9. The Morgan fingerprint density at radius 1 is 1.36 bits per heavy atom. The second-order valence-corrected chi connectivity index (χ2v) is 3.79. The highest BCUT2D eigenvalue weighted by molar-refractivity contribution is 5.45. The van der Waals surface area contributed by atoms with Gasteiger partial charge in [0.1, 0.15) is 11.5 Å². The van der Waals surface area contributed by atoms with Crippen molar-refractivity contribution in [3.63, 3.8) is 0 Å². The maximum Gasteiger partial charge on any atom is 0.147 e. The lowest BCUT2D eigenvalue weighted by Crippen LogP contribution is -2.42. The smallest absolute Gasteiger partial charge is 0.147 e. The number of nitrogens with one attached hydrogen (secondary N) is 2. The van der Waals surface area contributed by atoms with Crippen molar-refractivity contribution < 1.29 is 9.50 Å². The molecule has 78 valence electrons. The summed E-state index contributed by atoms with van der Waals surface area (Å²) in [4.78, 5) is 0. The molecule has 0 saturated carbocycles. The first-order chi connectivity index (χ1) is 6.38. The van der Waals surface area contributed by atoms with E-state index < -0.39 is 5.72 Å². The normalized spacial score (nSPS) is 11.5. The average molecular weight is 198 g/mol. The number of hydrazine groups is 1. The summed E-state index contributed by atoms with van der Waals surface area (Å²) >= 11 is 0. The van der Waals surface area contributed by atoms with E-state index in [1.54, 1.807) is 26.0 Å². The van der Waals surface area contributed by atoms with Crippen molar-refractivity contribution in [2.75, 3.05) is 5.43 Å². The molecule has 0 heterocycles. The minimum absolute atomic E-state index is 0.317. The van der Waals surface area contributed by atoms with Gasteiger partial charge in [0.05, 0.1) is 5.69 Å². The van der Waals surface area contributed by atoms with Crippen molar-refractivity contribution in [3.05, 3.63) is 29.6 Å². The van der Waals surface area contributed by atoms with Crippen molar-refractivity contribution in [1.29, 1.82) is 0 Å². The van der Waals surface area contributed by atoms with Gasteiger partial charge in [0, 0.05) is 0 Å². The third-order valence-corrected chi connectivity index (χ3v) is 1.63. The number of halogens is 1. The number of aryl methyl sites for hydroxylation is 1. The Bertz CT molecular complexity index is 320. The monoisotopic (exact) mass is 198 g/mol. The SMILES string of the molecule is Cc1ccc(NNC(C)(C)O)c(F)c1. The quantitative estimate of drug-likeness (QED) is 0.512. The van der Waals surface area contributed by atoms with Gasteiger partial charge >= 0.3 is 0 Å². The molecular weight excluding hydrogens is 183 g/mol. The van der Waals surface area contributed by atoms with E-state index in [-0.39, 0.29) is 5.82 Å². The first-order valence-corrected chi connectivity index (χ1v) is 4.40. The first-order valence-electron chi connectivity index (χ1n) is 4.40. The zero-order chi connectivity index (χ0) is 10.8. The Morgan fingerprint density at radius 2 is 2.00 bits per heavy atom. The summed E-state index contributed by atoms with van der Waals surface area (Å²) in [6.07, 6.45) is 0. The number of aliphatic hydroxyl groups is 1. The van der Waals surface area contributed by atoms with Gasteiger partial charge in [0.15, 0.2) is 0 Å². The van der Waals surface area contributed by atoms with Gasteiger partial charge in [-0.15, -0.1) is 0 Å². The van der Waals surface area contributed by atoms with Crippen molar-refractivity contribution in [2.24, 2.45) is 0 Å². The predicted molar refractivity (Wildman–Crippen MR) is 54.2 cm³/mol. The molecule has 0 aliphatic heterocycles. The molecule has 1 aromatic carbocycles. The van der Waals surface area contributed by atoms with Crippen LogP contribution in [0.25, 0.3) is 0 Å². The van der Waals surface area contributed by atoms with E-state index in [1.165, 1.54) is 6.07 Å². The molecule has 0 amide bonds. The standard InChI is InChI=1S/C10H15FN2O/c1-7-4-5-9(8(11)6-7)12-13-10(2,3)14/h4-6,12-14H,1-3H3. The van der Waals surface area contributed by atoms with Crippen molar-refractivity contribution in [3.8, 4) is 0 Å². The largest absolute Gasteiger partial charge is 0.375 e. The second kappa shape index (κ2) is 3.94. The third kappa shape index (κ3) is 3.32. The van der Waals surface area contributed by atoms with Crippen LogP contribution in [0, 0.1) is 12.7 Å². The molecule has 3 N–H and O–H groups in total. The molecule has 1 aromatic rings. The van der Waals surface area contributed by atoms with E-state index in [1.807, 2.05) is 6.92 Å². The summed E-state index contributed by atoms with van der Waals surface area (Å²) in [6.45, 7) is 4.94. The van der Waals surface area contributed by atoms with Gasteiger partial charge in [-0.2, -0.15) is 0 Å². The van der Waals surface area contributed by atoms with Crippen LogP contribution in [0.1, 0.15) is 19.4 Å². The average Bonchev–Trinajstić information content (AvgIpc) is 2.00. The lowest BCUT2D eigenvalue weighted by atomic mass is 10.2. The third-order valence-electron chi connectivity index (χ3n) is 1.63. The highest BCUT2D eigenvalue weighted by Crippen LogP contribution is 2.14. The van der Waals surface area contributed by atoms with Crippen LogP contribution in [-0.2, 0) is 0 Å². The van der Waals surface area contributed by atoms with E-state index >= 15 is 0 Å². The zero-order valence-electron chi connectivity index (χ0n) is 8.56. The number of rotatable bonds is 3. The molecule has 0 radical (unpaired) electrons. The van der Waals surface area contributed by atoms with Gasteiger partial charge in [-0.25, -0.2) is 9.82 Å². The summed E-state index contributed by atoms with van der Waals surface area (Å²) in [6, 6.07) is 4.83. The van der Waals surface area contributed by atoms with Gasteiger partial charge in [-0.3, -0.25) is 0 Å². The summed E-state index contributed by atoms with van der Waals surface area (Å²) in [5.41, 5.74) is 5.26. The fourth-order valence-electron chi connectivity index (χ4n) is 0.942. The van der Waals surface area contributed by atoms with Crippen LogP contribution in [0.2, 0.25) is 0 Å². The van der Waals surface area contributed by atoms with Crippen LogP contribution in [0.5, 0.6) is 0 Å². The molecule has 0 aliphatic carbocycles. The molecule has 0 saturated heterocycles. The van der Waals surface area contributed by atoms with Gasteiger partial charge < -0.3 is 10.5 Å². The lowest BCUT2D eigenvalue weighted by molar-refractivity contribution is 0.0517. The Labute approximate surface area is 82.9 Å². The minimum Gasteiger partial charge on any atom is -0.375 e. The Morgan fingerprint density at radius 3 is 2.50 bits per heavy atom. The molecule has 0 aliphatic rings. The number of hydrogen-bond acceptors (Lipinski definition) is 3. The number of anilines is 1. The minimum atomic E-state index is -1.09. The van der Waals surface area contributed by atoms with Crippen LogP contribution in [0.3, 0.4) is 0 Å². The Hall–Kier alpha value is -1.13. The molecule has 0 bridgehead atoms. The summed E-state index contributed by atoms with van der Waals surface area (Å²) in [7, 11) is 0. The number of benzene rings is 1. The molecule has 1 rings (SSSR count). The fraction of sp³-hybridized carbons (Fsp3) is 0.400. The topological polar surface area (TPSA) is 44.3 Å². The van der Waals surface area contributed by atoms with Gasteiger partial charge in [0.25, 0.3) is 0 Å². The van der Waals surface area contributed by atoms with E-state index in [4.69, 9.17) is 0 Å². The van der Waals surface area contributed by atoms with Crippen molar-refractivity contribution in [2.45, 2.75) is 26.5 Å². The molecule has 0 atom stereocenters. The summed E-state index contributed by atoms with van der Waals surface area (Å²) in [5, 5.41) is 9.33. The van der Waals surface area contributed by atoms with Gasteiger partial charge in [-0.1, -0.05) is 6.07 Å².